The van der Waals surface area contributed by atoms with E-state index in [1.165, 1.54) is 77.4 Å². The minimum atomic E-state index is -0.405. The molecule has 1 aliphatic heterocycles. The molecule has 0 bridgehead atoms. The summed E-state index contributed by atoms with van der Waals surface area (Å²) in [7, 11) is 0. The molecule has 0 radical (unpaired) electrons. The summed E-state index contributed by atoms with van der Waals surface area (Å²) in [4.78, 5) is 2.60. The number of piperidine rings is 1. The topological polar surface area (TPSA) is 35.5 Å². The number of rotatable bonds is 13. The number of hydrogen-bond donors (Lipinski definition) is 2. The highest BCUT2D eigenvalue weighted by atomic mass is 35.5. The minimum absolute atomic E-state index is 0. The van der Waals surface area contributed by atoms with Crippen molar-refractivity contribution in [3.8, 4) is 0 Å². The molecule has 0 spiro atoms. The Bertz CT molecular complexity index is 455. The molecule has 2 unspecified atom stereocenters. The molecule has 1 aliphatic rings. The molecule has 1 fully saturated rings. The zero-order valence-electron chi connectivity index (χ0n) is 17.7. The van der Waals surface area contributed by atoms with Crippen molar-refractivity contribution in [2.24, 2.45) is 0 Å². The van der Waals surface area contributed by atoms with Gasteiger partial charge >= 0.3 is 0 Å². The van der Waals surface area contributed by atoms with Crippen molar-refractivity contribution in [2.45, 2.75) is 83.3 Å². The third-order valence-electron chi connectivity index (χ3n) is 5.65. The van der Waals surface area contributed by atoms with E-state index in [4.69, 9.17) is 0 Å². The van der Waals surface area contributed by atoms with Gasteiger partial charge in [0.1, 0.15) is 0 Å². The fourth-order valence-corrected chi connectivity index (χ4v) is 4.00. The molecule has 3 nitrogen and oxygen atoms in total. The fraction of sp³-hybridized carbons (Fsp3) is 0.739. The standard InChI is InChI=1S/C23H40N2O.2ClH/c1-2-3-4-5-10-16-22(23(26)21-14-8-6-9-15-21)24-17-13-20-25-18-11-7-12-19-25;;/h6,8-9,14-15,22-24,26H,2-5,7,10-13,16-20H2,1H3;2*1H. The predicted molar refractivity (Wildman–Crippen MR) is 126 cm³/mol. The Morgan fingerprint density at radius 3 is 2.29 bits per heavy atom. The van der Waals surface area contributed by atoms with E-state index in [0.29, 0.717) is 0 Å². The molecule has 164 valence electrons. The number of halogens is 2. The fourth-order valence-electron chi connectivity index (χ4n) is 4.00. The normalized spacial score (nSPS) is 16.6. The van der Waals surface area contributed by atoms with E-state index >= 15 is 0 Å². The van der Waals surface area contributed by atoms with E-state index in [9.17, 15) is 5.11 Å². The van der Waals surface area contributed by atoms with Crippen LogP contribution in [-0.2, 0) is 0 Å². The molecule has 0 aliphatic carbocycles. The zero-order valence-corrected chi connectivity index (χ0v) is 19.3. The number of benzene rings is 1. The molecule has 2 rings (SSSR count). The van der Waals surface area contributed by atoms with Gasteiger partial charge in [-0.3, -0.25) is 0 Å². The maximum atomic E-state index is 10.9. The number of unbranched alkanes of at least 4 members (excludes halogenated alkanes) is 4. The first-order chi connectivity index (χ1) is 12.8. The highest BCUT2D eigenvalue weighted by Crippen LogP contribution is 2.21. The SMILES string of the molecule is CCCCCCCC(NCCCN1CCCCC1)C(O)c1ccccc1.Cl.Cl. The summed E-state index contributed by atoms with van der Waals surface area (Å²) in [5.74, 6) is 0. The minimum Gasteiger partial charge on any atom is -0.387 e. The maximum Gasteiger partial charge on any atom is 0.0942 e. The van der Waals surface area contributed by atoms with Crippen molar-refractivity contribution in [2.75, 3.05) is 26.2 Å². The average molecular weight is 434 g/mol. The number of nitrogens with zero attached hydrogens (tertiary/aromatic N) is 1. The Morgan fingerprint density at radius 2 is 1.61 bits per heavy atom. The Kier molecular flexibility index (Phi) is 17.3. The second-order valence-corrected chi connectivity index (χ2v) is 7.87. The molecule has 1 aromatic carbocycles. The lowest BCUT2D eigenvalue weighted by atomic mass is 9.96. The maximum absolute atomic E-state index is 10.9. The monoisotopic (exact) mass is 432 g/mol. The van der Waals surface area contributed by atoms with Gasteiger partial charge < -0.3 is 15.3 Å². The summed E-state index contributed by atoms with van der Waals surface area (Å²) in [5.41, 5.74) is 1.04. The van der Waals surface area contributed by atoms with E-state index in [1.807, 2.05) is 30.3 Å². The number of aliphatic hydroxyl groups excluding tert-OH is 1. The first-order valence-electron chi connectivity index (χ1n) is 11.0. The molecule has 1 heterocycles. The Morgan fingerprint density at radius 1 is 0.929 bits per heavy atom. The summed E-state index contributed by atoms with van der Waals surface area (Å²) in [5, 5.41) is 14.5. The van der Waals surface area contributed by atoms with Gasteiger partial charge in [-0.1, -0.05) is 75.8 Å². The number of likely N-dealkylation sites (tertiary alicyclic amines) is 1. The van der Waals surface area contributed by atoms with E-state index in [1.54, 1.807) is 0 Å². The Hall–Kier alpha value is -0.320. The third kappa shape index (κ3) is 11.0. The number of aliphatic hydroxyl groups is 1. The van der Waals surface area contributed by atoms with Crippen LogP contribution in [0.2, 0.25) is 0 Å². The largest absolute Gasteiger partial charge is 0.387 e. The molecular weight excluding hydrogens is 391 g/mol. The molecule has 28 heavy (non-hydrogen) atoms. The van der Waals surface area contributed by atoms with E-state index in [2.05, 4.69) is 17.1 Å². The van der Waals surface area contributed by atoms with Gasteiger partial charge in [0.2, 0.25) is 0 Å². The molecular formula is C23H42Cl2N2O. The molecule has 2 atom stereocenters. The van der Waals surface area contributed by atoms with Gasteiger partial charge in [0.25, 0.3) is 0 Å². The Labute approximate surface area is 185 Å². The van der Waals surface area contributed by atoms with Gasteiger partial charge in [-0.05, 0) is 57.4 Å². The Balaban J connectivity index is 0.00000364. The van der Waals surface area contributed by atoms with E-state index in [0.717, 1.165) is 18.5 Å². The van der Waals surface area contributed by atoms with Crippen molar-refractivity contribution >= 4 is 24.8 Å². The lowest BCUT2D eigenvalue weighted by molar-refractivity contribution is 0.120. The quantitative estimate of drug-likeness (QED) is 0.388. The number of nitrogens with one attached hydrogen (secondary N) is 1. The second kappa shape index (κ2) is 17.5. The van der Waals surface area contributed by atoms with Gasteiger partial charge in [0.15, 0.2) is 0 Å². The van der Waals surface area contributed by atoms with Gasteiger partial charge in [0.05, 0.1) is 6.10 Å². The highest BCUT2D eigenvalue weighted by Gasteiger charge is 2.20. The van der Waals surface area contributed by atoms with Crippen LogP contribution in [0.1, 0.15) is 82.8 Å². The number of hydrogen-bond acceptors (Lipinski definition) is 3. The van der Waals surface area contributed by atoms with Crippen LogP contribution < -0.4 is 5.32 Å². The van der Waals surface area contributed by atoms with Crippen molar-refractivity contribution in [1.29, 1.82) is 0 Å². The molecule has 5 heteroatoms. The van der Waals surface area contributed by atoms with Crippen LogP contribution in [0, 0.1) is 0 Å². The zero-order chi connectivity index (χ0) is 18.5. The summed E-state index contributed by atoms with van der Waals surface area (Å²) in [6, 6.07) is 10.3. The molecule has 0 aromatic heterocycles. The van der Waals surface area contributed by atoms with Crippen LogP contribution in [0.5, 0.6) is 0 Å². The molecule has 1 aromatic rings. The first-order valence-corrected chi connectivity index (χ1v) is 11.0. The van der Waals surface area contributed by atoms with Gasteiger partial charge in [-0.2, -0.15) is 0 Å². The smallest absolute Gasteiger partial charge is 0.0942 e. The molecule has 0 saturated carbocycles. The van der Waals surface area contributed by atoms with Crippen LogP contribution in [0.3, 0.4) is 0 Å². The van der Waals surface area contributed by atoms with Crippen LogP contribution in [0.4, 0.5) is 0 Å². The van der Waals surface area contributed by atoms with Crippen LogP contribution in [0.25, 0.3) is 0 Å². The lowest BCUT2D eigenvalue weighted by Crippen LogP contribution is -2.38. The molecule has 0 amide bonds. The van der Waals surface area contributed by atoms with E-state index in [-0.39, 0.29) is 30.9 Å². The lowest BCUT2D eigenvalue weighted by Gasteiger charge is -2.28. The average Bonchev–Trinajstić information content (AvgIpc) is 2.70. The van der Waals surface area contributed by atoms with E-state index < -0.39 is 6.10 Å². The molecule has 2 N–H and O–H groups in total. The summed E-state index contributed by atoms with van der Waals surface area (Å²) >= 11 is 0. The van der Waals surface area contributed by atoms with Gasteiger partial charge in [-0.25, -0.2) is 0 Å². The summed E-state index contributed by atoms with van der Waals surface area (Å²) in [6.07, 6.45) is 12.4. The summed E-state index contributed by atoms with van der Waals surface area (Å²) in [6.45, 7) is 6.99. The van der Waals surface area contributed by atoms with Gasteiger partial charge in [0, 0.05) is 6.04 Å². The molecule has 1 saturated heterocycles. The van der Waals surface area contributed by atoms with Gasteiger partial charge in [-0.15, -0.1) is 24.8 Å². The second-order valence-electron chi connectivity index (χ2n) is 7.87. The van der Waals surface area contributed by atoms with Crippen LogP contribution in [0.15, 0.2) is 30.3 Å². The highest BCUT2D eigenvalue weighted by molar-refractivity contribution is 5.85. The van der Waals surface area contributed by atoms with Crippen LogP contribution in [-0.4, -0.2) is 42.2 Å². The van der Waals surface area contributed by atoms with Crippen molar-refractivity contribution in [1.82, 2.24) is 10.2 Å². The van der Waals surface area contributed by atoms with Crippen molar-refractivity contribution < 1.29 is 5.11 Å². The van der Waals surface area contributed by atoms with Crippen molar-refractivity contribution in [3.05, 3.63) is 35.9 Å². The summed E-state index contributed by atoms with van der Waals surface area (Å²) < 4.78 is 0. The van der Waals surface area contributed by atoms with Crippen molar-refractivity contribution in [3.63, 3.8) is 0 Å². The first kappa shape index (κ1) is 27.7. The predicted octanol–water partition coefficient (Wildman–Crippen LogP) is 5.76. The third-order valence-corrected chi connectivity index (χ3v) is 5.65. The van der Waals surface area contributed by atoms with Crippen LogP contribution >= 0.6 is 24.8 Å².